The molecular formula is C19H27NO. The summed E-state index contributed by atoms with van der Waals surface area (Å²) in [5.41, 5.74) is 4.09. The van der Waals surface area contributed by atoms with Crippen molar-refractivity contribution in [1.29, 1.82) is 0 Å². The fraction of sp³-hybridized carbons (Fsp3) is 0.474. The average Bonchev–Trinajstić information content (AvgIpc) is 2.36. The standard InChI is InChI=1S/C19H27NO/c1-14-12-15(8-7-11-19(2,3)4)17-10-9-16(20(5)6)13-18(17)21-14/h9-10,12-13H,1,7-8,11H2,2-6H3. The van der Waals surface area contributed by atoms with E-state index >= 15 is 0 Å². The summed E-state index contributed by atoms with van der Waals surface area (Å²) in [6, 6.07) is 6.41. The zero-order valence-electron chi connectivity index (χ0n) is 14.0. The van der Waals surface area contributed by atoms with Gasteiger partial charge in [-0.05, 0) is 48.5 Å². The molecule has 2 heteroatoms. The van der Waals surface area contributed by atoms with Gasteiger partial charge in [0.25, 0.3) is 0 Å². The number of hydrogen-bond donors (Lipinski definition) is 0. The Bertz CT molecular complexity index is 561. The average molecular weight is 285 g/mol. The van der Waals surface area contributed by atoms with E-state index in [1.54, 1.807) is 0 Å². The lowest BCUT2D eigenvalue weighted by Gasteiger charge is -2.23. The van der Waals surface area contributed by atoms with Crippen LogP contribution in [0.1, 0.15) is 45.6 Å². The Morgan fingerprint density at radius 3 is 2.52 bits per heavy atom. The Balaban J connectivity index is 2.18. The lowest BCUT2D eigenvalue weighted by Crippen LogP contribution is -2.10. The molecule has 0 atom stereocenters. The molecule has 1 aliphatic rings. The monoisotopic (exact) mass is 285 g/mol. The molecule has 0 unspecified atom stereocenters. The molecule has 0 saturated heterocycles. The van der Waals surface area contributed by atoms with Gasteiger partial charge in [0.05, 0.1) is 0 Å². The Hall–Kier alpha value is -1.70. The Morgan fingerprint density at radius 2 is 1.90 bits per heavy atom. The van der Waals surface area contributed by atoms with Gasteiger partial charge in [-0.3, -0.25) is 0 Å². The topological polar surface area (TPSA) is 12.5 Å². The van der Waals surface area contributed by atoms with Gasteiger partial charge in [-0.2, -0.15) is 0 Å². The summed E-state index contributed by atoms with van der Waals surface area (Å²) < 4.78 is 5.80. The van der Waals surface area contributed by atoms with Gasteiger partial charge >= 0.3 is 0 Å². The van der Waals surface area contributed by atoms with Gasteiger partial charge in [0.15, 0.2) is 0 Å². The molecule has 2 rings (SSSR count). The van der Waals surface area contributed by atoms with Crippen molar-refractivity contribution in [2.24, 2.45) is 5.41 Å². The fourth-order valence-electron chi connectivity index (χ4n) is 2.60. The van der Waals surface area contributed by atoms with Crippen LogP contribution >= 0.6 is 0 Å². The van der Waals surface area contributed by atoms with E-state index in [4.69, 9.17) is 4.74 Å². The van der Waals surface area contributed by atoms with Crippen LogP contribution in [0.4, 0.5) is 5.69 Å². The maximum atomic E-state index is 5.80. The van der Waals surface area contributed by atoms with Crippen molar-refractivity contribution in [1.82, 2.24) is 0 Å². The number of ether oxygens (including phenoxy) is 1. The van der Waals surface area contributed by atoms with Gasteiger partial charge in [-0.15, -0.1) is 0 Å². The fourth-order valence-corrected chi connectivity index (χ4v) is 2.60. The summed E-state index contributed by atoms with van der Waals surface area (Å²) in [5.74, 6) is 1.67. The van der Waals surface area contributed by atoms with E-state index in [0.717, 1.165) is 23.6 Å². The number of allylic oxidation sites excluding steroid dienone is 2. The van der Waals surface area contributed by atoms with Crippen molar-refractivity contribution in [2.45, 2.75) is 40.0 Å². The van der Waals surface area contributed by atoms with E-state index < -0.39 is 0 Å². The first-order valence-corrected chi connectivity index (χ1v) is 7.65. The van der Waals surface area contributed by atoms with Crippen molar-refractivity contribution in [3.05, 3.63) is 42.2 Å². The molecule has 114 valence electrons. The van der Waals surface area contributed by atoms with Gasteiger partial charge < -0.3 is 9.64 Å². The van der Waals surface area contributed by atoms with Crippen molar-refractivity contribution >= 4 is 11.3 Å². The van der Waals surface area contributed by atoms with Crippen LogP contribution < -0.4 is 9.64 Å². The third-order valence-corrected chi connectivity index (χ3v) is 3.78. The van der Waals surface area contributed by atoms with Gasteiger partial charge in [0.2, 0.25) is 0 Å². The normalized spacial score (nSPS) is 14.3. The summed E-state index contributed by atoms with van der Waals surface area (Å²) in [4.78, 5) is 2.09. The Morgan fingerprint density at radius 1 is 1.19 bits per heavy atom. The van der Waals surface area contributed by atoms with Gasteiger partial charge in [0, 0.05) is 31.4 Å². The van der Waals surface area contributed by atoms with Crippen LogP contribution in [-0.2, 0) is 0 Å². The molecule has 1 aromatic carbocycles. The third kappa shape index (κ3) is 4.13. The molecule has 21 heavy (non-hydrogen) atoms. The number of hydrogen-bond acceptors (Lipinski definition) is 2. The minimum absolute atomic E-state index is 0.389. The lowest BCUT2D eigenvalue weighted by atomic mass is 9.87. The quantitative estimate of drug-likeness (QED) is 0.748. The van der Waals surface area contributed by atoms with Crippen LogP contribution in [0.25, 0.3) is 5.57 Å². The zero-order valence-corrected chi connectivity index (χ0v) is 14.0. The maximum Gasteiger partial charge on any atom is 0.136 e. The number of fused-ring (bicyclic) bond motifs is 1. The van der Waals surface area contributed by atoms with E-state index in [2.05, 4.69) is 56.5 Å². The molecule has 2 nitrogen and oxygen atoms in total. The molecule has 0 aromatic heterocycles. The summed E-state index contributed by atoms with van der Waals surface area (Å²) in [6.45, 7) is 10.9. The summed E-state index contributed by atoms with van der Waals surface area (Å²) in [5, 5.41) is 0. The molecule has 0 aliphatic carbocycles. The van der Waals surface area contributed by atoms with E-state index in [1.807, 2.05) is 14.1 Å². The first-order valence-electron chi connectivity index (χ1n) is 7.65. The van der Waals surface area contributed by atoms with Crippen LogP contribution in [0.15, 0.2) is 36.6 Å². The molecular weight excluding hydrogens is 258 g/mol. The third-order valence-electron chi connectivity index (χ3n) is 3.78. The summed E-state index contributed by atoms with van der Waals surface area (Å²) in [6.07, 6.45) is 5.58. The van der Waals surface area contributed by atoms with E-state index in [9.17, 15) is 0 Å². The largest absolute Gasteiger partial charge is 0.457 e. The van der Waals surface area contributed by atoms with Crippen molar-refractivity contribution in [2.75, 3.05) is 19.0 Å². The molecule has 0 spiro atoms. The molecule has 0 radical (unpaired) electrons. The van der Waals surface area contributed by atoms with Crippen LogP contribution in [0.2, 0.25) is 0 Å². The minimum atomic E-state index is 0.389. The predicted octanol–water partition coefficient (Wildman–Crippen LogP) is 5.26. The number of anilines is 1. The van der Waals surface area contributed by atoms with Crippen LogP contribution in [0, 0.1) is 5.41 Å². The van der Waals surface area contributed by atoms with Crippen molar-refractivity contribution in [3.8, 4) is 5.75 Å². The smallest absolute Gasteiger partial charge is 0.136 e. The number of benzene rings is 1. The highest BCUT2D eigenvalue weighted by Gasteiger charge is 2.18. The first-order chi connectivity index (χ1) is 9.76. The first kappa shape index (κ1) is 15.7. The van der Waals surface area contributed by atoms with Crippen molar-refractivity contribution < 1.29 is 4.74 Å². The number of nitrogens with zero attached hydrogens (tertiary/aromatic N) is 1. The van der Waals surface area contributed by atoms with E-state index in [1.165, 1.54) is 24.0 Å². The maximum absolute atomic E-state index is 5.80. The Kier molecular flexibility index (Phi) is 4.46. The molecule has 1 aromatic rings. The molecule has 1 aliphatic heterocycles. The zero-order chi connectivity index (χ0) is 15.6. The summed E-state index contributed by atoms with van der Waals surface area (Å²) in [7, 11) is 4.08. The minimum Gasteiger partial charge on any atom is -0.457 e. The van der Waals surface area contributed by atoms with Crippen LogP contribution in [0.5, 0.6) is 5.75 Å². The van der Waals surface area contributed by atoms with Gasteiger partial charge in [0.1, 0.15) is 11.5 Å². The van der Waals surface area contributed by atoms with Gasteiger partial charge in [-0.25, -0.2) is 0 Å². The highest BCUT2D eigenvalue weighted by atomic mass is 16.5. The highest BCUT2D eigenvalue weighted by Crippen LogP contribution is 2.38. The highest BCUT2D eigenvalue weighted by molar-refractivity contribution is 5.76. The molecule has 0 N–H and O–H groups in total. The number of rotatable bonds is 4. The molecule has 0 amide bonds. The molecule has 0 fully saturated rings. The predicted molar refractivity (Wildman–Crippen MR) is 91.8 cm³/mol. The van der Waals surface area contributed by atoms with Crippen molar-refractivity contribution in [3.63, 3.8) is 0 Å². The van der Waals surface area contributed by atoms with E-state index in [-0.39, 0.29) is 0 Å². The summed E-state index contributed by atoms with van der Waals surface area (Å²) >= 11 is 0. The second-order valence-corrected chi connectivity index (χ2v) is 7.23. The molecule has 0 saturated carbocycles. The second kappa shape index (κ2) is 5.97. The Labute approximate surface area is 129 Å². The van der Waals surface area contributed by atoms with Crippen LogP contribution in [0.3, 0.4) is 0 Å². The SMILES string of the molecule is C=C1C=C(CCCC(C)(C)C)c2ccc(N(C)C)cc2O1. The van der Waals surface area contributed by atoms with Gasteiger partial charge in [-0.1, -0.05) is 27.4 Å². The molecule has 1 heterocycles. The molecule has 0 bridgehead atoms. The lowest BCUT2D eigenvalue weighted by molar-refractivity contribution is 0.367. The van der Waals surface area contributed by atoms with E-state index in [0.29, 0.717) is 5.41 Å². The van der Waals surface area contributed by atoms with Crippen LogP contribution in [-0.4, -0.2) is 14.1 Å². The second-order valence-electron chi connectivity index (χ2n) is 7.23.